The summed E-state index contributed by atoms with van der Waals surface area (Å²) in [6.07, 6.45) is 0. The minimum atomic E-state index is -0.286. The zero-order valence-corrected chi connectivity index (χ0v) is 11.2. The van der Waals surface area contributed by atoms with Crippen molar-refractivity contribution in [1.82, 2.24) is 20.2 Å². The van der Waals surface area contributed by atoms with Gasteiger partial charge in [0.25, 0.3) is 0 Å². The van der Waals surface area contributed by atoms with E-state index >= 15 is 0 Å². The molecule has 0 saturated carbocycles. The molecule has 3 aromatic rings. The summed E-state index contributed by atoms with van der Waals surface area (Å²) in [6.45, 7) is 0.302. The van der Waals surface area contributed by atoms with Crippen molar-refractivity contribution in [3.63, 3.8) is 0 Å². The van der Waals surface area contributed by atoms with Gasteiger partial charge in [-0.05, 0) is 22.9 Å². The van der Waals surface area contributed by atoms with E-state index in [2.05, 4.69) is 15.4 Å². The molecular weight excluding hydrogens is 269 g/mol. The molecule has 3 rings (SSSR count). The molecule has 0 aliphatic carbocycles. The lowest BCUT2D eigenvalue weighted by atomic mass is 10.1. The highest BCUT2D eigenvalue weighted by atomic mass is 19.1. The molecule has 0 radical (unpaired) electrons. The van der Waals surface area contributed by atoms with Crippen LogP contribution < -0.4 is 5.73 Å². The van der Waals surface area contributed by atoms with E-state index < -0.39 is 0 Å². The molecule has 5 nitrogen and oxygen atoms in total. The van der Waals surface area contributed by atoms with Crippen molar-refractivity contribution in [1.29, 1.82) is 0 Å². The first-order chi connectivity index (χ1) is 10.3. The number of halogens is 1. The predicted molar refractivity (Wildman–Crippen MR) is 76.8 cm³/mol. The van der Waals surface area contributed by atoms with Crippen LogP contribution in [-0.4, -0.2) is 26.8 Å². The zero-order chi connectivity index (χ0) is 14.7. The van der Waals surface area contributed by atoms with Crippen LogP contribution in [0.2, 0.25) is 0 Å². The van der Waals surface area contributed by atoms with Gasteiger partial charge in [-0.1, -0.05) is 42.5 Å². The van der Waals surface area contributed by atoms with Gasteiger partial charge in [0.1, 0.15) is 11.9 Å². The number of benzene rings is 2. The van der Waals surface area contributed by atoms with Crippen LogP contribution in [0, 0.1) is 5.82 Å². The third kappa shape index (κ3) is 2.80. The van der Waals surface area contributed by atoms with Gasteiger partial charge in [0.15, 0.2) is 0 Å². The second kappa shape index (κ2) is 5.80. The highest BCUT2D eigenvalue weighted by Crippen LogP contribution is 2.18. The molecule has 0 fully saturated rings. The minimum absolute atomic E-state index is 0.268. The summed E-state index contributed by atoms with van der Waals surface area (Å²) in [6, 6.07) is 15.5. The van der Waals surface area contributed by atoms with Crippen molar-refractivity contribution in [3.8, 4) is 11.4 Å². The molecule has 0 bridgehead atoms. The Morgan fingerprint density at radius 2 is 1.76 bits per heavy atom. The monoisotopic (exact) mass is 283 g/mol. The molecule has 0 amide bonds. The maximum Gasteiger partial charge on any atom is 0.204 e. The van der Waals surface area contributed by atoms with Crippen LogP contribution in [0.5, 0.6) is 0 Å². The number of hydrogen-bond acceptors (Lipinski definition) is 4. The summed E-state index contributed by atoms with van der Waals surface area (Å²) in [5, 5.41) is 12.5. The fraction of sp³-hybridized carbons (Fsp3) is 0.133. The van der Waals surface area contributed by atoms with Crippen LogP contribution in [0.15, 0.2) is 54.6 Å². The Bertz CT molecular complexity index is 708. The minimum Gasteiger partial charge on any atom is -0.328 e. The standard InChI is InChI=1S/C15H14FN5/c16-13-8-6-11(7-9-13)14(10-17)21-19-15(18-20-21)12-4-2-1-3-5-12/h1-9,14H,10,17H2. The lowest BCUT2D eigenvalue weighted by Crippen LogP contribution is -2.22. The highest BCUT2D eigenvalue weighted by molar-refractivity contribution is 5.53. The van der Waals surface area contributed by atoms with Crippen LogP contribution in [0.1, 0.15) is 11.6 Å². The number of aromatic nitrogens is 4. The van der Waals surface area contributed by atoms with Gasteiger partial charge >= 0.3 is 0 Å². The summed E-state index contributed by atoms with van der Waals surface area (Å²) in [5.74, 6) is 0.252. The Hall–Kier alpha value is -2.60. The second-order valence-electron chi connectivity index (χ2n) is 4.60. The molecule has 1 unspecified atom stereocenters. The average Bonchev–Trinajstić information content (AvgIpc) is 3.00. The van der Waals surface area contributed by atoms with Gasteiger partial charge in [0.05, 0.1) is 0 Å². The normalized spacial score (nSPS) is 12.3. The van der Waals surface area contributed by atoms with Crippen LogP contribution in [-0.2, 0) is 0 Å². The molecule has 1 heterocycles. The number of rotatable bonds is 4. The van der Waals surface area contributed by atoms with Gasteiger partial charge in [-0.3, -0.25) is 0 Å². The van der Waals surface area contributed by atoms with Crippen LogP contribution in [0.25, 0.3) is 11.4 Å². The van der Waals surface area contributed by atoms with Gasteiger partial charge in [-0.15, -0.1) is 10.2 Å². The molecule has 0 aliphatic heterocycles. The molecule has 1 aromatic heterocycles. The smallest absolute Gasteiger partial charge is 0.204 e. The van der Waals surface area contributed by atoms with E-state index in [-0.39, 0.29) is 11.9 Å². The van der Waals surface area contributed by atoms with Crippen LogP contribution in [0.3, 0.4) is 0 Å². The summed E-state index contributed by atoms with van der Waals surface area (Å²) < 4.78 is 13.0. The maximum absolute atomic E-state index is 13.0. The molecule has 2 aromatic carbocycles. The highest BCUT2D eigenvalue weighted by Gasteiger charge is 2.16. The molecular formula is C15H14FN5. The van der Waals surface area contributed by atoms with E-state index in [1.54, 1.807) is 12.1 Å². The zero-order valence-electron chi connectivity index (χ0n) is 11.2. The summed E-state index contributed by atoms with van der Waals surface area (Å²) in [7, 11) is 0. The SMILES string of the molecule is NCC(c1ccc(F)cc1)n1nnc(-c2ccccc2)n1. The predicted octanol–water partition coefficient (Wildman–Crippen LogP) is 2.03. The second-order valence-corrected chi connectivity index (χ2v) is 4.60. The van der Waals surface area contributed by atoms with E-state index in [0.29, 0.717) is 12.4 Å². The Labute approximate surface area is 121 Å². The van der Waals surface area contributed by atoms with Gasteiger partial charge in [0, 0.05) is 12.1 Å². The van der Waals surface area contributed by atoms with Crippen molar-refractivity contribution in [2.24, 2.45) is 5.73 Å². The lowest BCUT2D eigenvalue weighted by Gasteiger charge is -2.13. The largest absolute Gasteiger partial charge is 0.328 e. The van der Waals surface area contributed by atoms with Crippen molar-refractivity contribution in [2.45, 2.75) is 6.04 Å². The van der Waals surface area contributed by atoms with E-state index in [1.807, 2.05) is 30.3 Å². The summed E-state index contributed by atoms with van der Waals surface area (Å²) in [5.41, 5.74) is 7.53. The Morgan fingerprint density at radius 1 is 1.05 bits per heavy atom. The fourth-order valence-corrected chi connectivity index (χ4v) is 2.11. The topological polar surface area (TPSA) is 69.6 Å². The molecule has 21 heavy (non-hydrogen) atoms. The Balaban J connectivity index is 1.92. The average molecular weight is 283 g/mol. The number of tetrazole rings is 1. The molecule has 0 spiro atoms. The number of hydrogen-bond donors (Lipinski definition) is 1. The molecule has 0 aliphatic rings. The molecule has 6 heteroatoms. The molecule has 1 atom stereocenters. The first kappa shape index (κ1) is 13.4. The van der Waals surface area contributed by atoms with Gasteiger partial charge < -0.3 is 5.73 Å². The molecule has 2 N–H and O–H groups in total. The van der Waals surface area contributed by atoms with Gasteiger partial charge in [-0.2, -0.15) is 4.80 Å². The van der Waals surface area contributed by atoms with E-state index in [9.17, 15) is 4.39 Å². The van der Waals surface area contributed by atoms with E-state index in [4.69, 9.17) is 5.73 Å². The fourth-order valence-electron chi connectivity index (χ4n) is 2.11. The third-order valence-corrected chi connectivity index (χ3v) is 3.22. The quantitative estimate of drug-likeness (QED) is 0.795. The first-order valence-electron chi connectivity index (χ1n) is 6.58. The van der Waals surface area contributed by atoms with Crippen molar-refractivity contribution < 1.29 is 4.39 Å². The van der Waals surface area contributed by atoms with E-state index in [1.165, 1.54) is 16.9 Å². The first-order valence-corrected chi connectivity index (χ1v) is 6.58. The molecule has 106 valence electrons. The maximum atomic E-state index is 13.0. The summed E-state index contributed by atoms with van der Waals surface area (Å²) in [4.78, 5) is 1.47. The van der Waals surface area contributed by atoms with Gasteiger partial charge in [0.2, 0.25) is 5.82 Å². The van der Waals surface area contributed by atoms with Crippen LogP contribution in [0.4, 0.5) is 4.39 Å². The van der Waals surface area contributed by atoms with Gasteiger partial charge in [-0.25, -0.2) is 4.39 Å². The third-order valence-electron chi connectivity index (χ3n) is 3.22. The lowest BCUT2D eigenvalue weighted by molar-refractivity contribution is 0.457. The Morgan fingerprint density at radius 3 is 2.43 bits per heavy atom. The molecule has 0 saturated heterocycles. The van der Waals surface area contributed by atoms with Crippen molar-refractivity contribution in [2.75, 3.05) is 6.54 Å². The number of nitrogens with two attached hydrogens (primary N) is 1. The van der Waals surface area contributed by atoms with Crippen molar-refractivity contribution >= 4 is 0 Å². The van der Waals surface area contributed by atoms with E-state index in [0.717, 1.165) is 11.1 Å². The van der Waals surface area contributed by atoms with Crippen molar-refractivity contribution in [3.05, 3.63) is 66.0 Å². The Kier molecular flexibility index (Phi) is 3.70. The summed E-state index contributed by atoms with van der Waals surface area (Å²) >= 11 is 0. The van der Waals surface area contributed by atoms with Crippen LogP contribution >= 0.6 is 0 Å². The number of nitrogens with zero attached hydrogens (tertiary/aromatic N) is 4.